The minimum atomic E-state index is 0.111. The van der Waals surface area contributed by atoms with Gasteiger partial charge in [0.1, 0.15) is 0 Å². The van der Waals surface area contributed by atoms with Crippen LogP contribution in [0.5, 0.6) is 0 Å². The molecule has 1 amide bonds. The molecule has 0 atom stereocenters. The molecule has 7 nitrogen and oxygen atoms in total. The van der Waals surface area contributed by atoms with Gasteiger partial charge in [0, 0.05) is 37.4 Å². The number of aromatic nitrogens is 3. The fraction of sp³-hybridized carbons (Fsp3) is 0.500. The van der Waals surface area contributed by atoms with Crippen molar-refractivity contribution in [3.8, 4) is 0 Å². The Morgan fingerprint density at radius 1 is 0.960 bits per heavy atom. The summed E-state index contributed by atoms with van der Waals surface area (Å²) in [6.07, 6.45) is 5.19. The predicted molar refractivity (Wildman–Crippen MR) is 93.7 cm³/mol. The summed E-state index contributed by atoms with van der Waals surface area (Å²) in [6.45, 7) is 4.83. The number of carbonyl (C=O) groups excluding carboxylic acids is 1. The Kier molecular flexibility index (Phi) is 4.65. The second-order valence-corrected chi connectivity index (χ2v) is 6.52. The normalized spacial score (nSPS) is 19.2. The van der Waals surface area contributed by atoms with Crippen molar-refractivity contribution >= 4 is 11.6 Å². The third-order valence-electron chi connectivity index (χ3n) is 5.01. The standard InChI is InChI=1S/C18H23N5O2/c24-18(22-9-5-17(6-10-22)23-19-7-8-20-23)15-1-3-16(4-2-15)21-11-13-25-14-12-21/h1-4,7-8,17H,5-6,9-14H2. The van der Waals surface area contributed by atoms with Gasteiger partial charge in [0.05, 0.1) is 31.6 Å². The van der Waals surface area contributed by atoms with Crippen LogP contribution in [0.15, 0.2) is 36.7 Å². The predicted octanol–water partition coefficient (Wildman–Crippen LogP) is 1.59. The van der Waals surface area contributed by atoms with Gasteiger partial charge in [-0.2, -0.15) is 15.0 Å². The molecule has 7 heteroatoms. The third kappa shape index (κ3) is 3.51. The molecule has 1 aromatic heterocycles. The van der Waals surface area contributed by atoms with E-state index >= 15 is 0 Å². The molecule has 2 fully saturated rings. The number of nitrogens with zero attached hydrogens (tertiary/aromatic N) is 5. The van der Waals surface area contributed by atoms with Gasteiger partial charge in [0.25, 0.3) is 5.91 Å². The van der Waals surface area contributed by atoms with Crippen molar-refractivity contribution < 1.29 is 9.53 Å². The number of piperidine rings is 1. The van der Waals surface area contributed by atoms with E-state index in [0.717, 1.165) is 63.5 Å². The quantitative estimate of drug-likeness (QED) is 0.848. The average molecular weight is 341 g/mol. The van der Waals surface area contributed by atoms with E-state index in [1.165, 1.54) is 0 Å². The van der Waals surface area contributed by atoms with Crippen LogP contribution in [0.4, 0.5) is 5.69 Å². The molecule has 4 rings (SSSR count). The van der Waals surface area contributed by atoms with Crippen LogP contribution >= 0.6 is 0 Å². The molecule has 0 saturated carbocycles. The zero-order valence-electron chi connectivity index (χ0n) is 14.3. The Morgan fingerprint density at radius 3 is 2.24 bits per heavy atom. The number of carbonyl (C=O) groups is 1. The molecular weight excluding hydrogens is 318 g/mol. The topological polar surface area (TPSA) is 63.5 Å². The van der Waals surface area contributed by atoms with Crippen molar-refractivity contribution in [3.63, 3.8) is 0 Å². The van der Waals surface area contributed by atoms with E-state index < -0.39 is 0 Å². The van der Waals surface area contributed by atoms with Gasteiger partial charge in [-0.1, -0.05) is 0 Å². The van der Waals surface area contributed by atoms with Crippen LogP contribution in [0.1, 0.15) is 29.2 Å². The summed E-state index contributed by atoms with van der Waals surface area (Å²) < 4.78 is 5.38. The van der Waals surface area contributed by atoms with Crippen LogP contribution in [0, 0.1) is 0 Å². The molecule has 2 aromatic rings. The van der Waals surface area contributed by atoms with E-state index in [2.05, 4.69) is 15.1 Å². The summed E-state index contributed by atoms with van der Waals surface area (Å²) in [6, 6.07) is 8.25. The number of hydrogen-bond acceptors (Lipinski definition) is 5. The van der Waals surface area contributed by atoms with Crippen molar-refractivity contribution in [2.45, 2.75) is 18.9 Å². The minimum Gasteiger partial charge on any atom is -0.378 e. The van der Waals surface area contributed by atoms with Crippen LogP contribution in [-0.2, 0) is 4.74 Å². The van der Waals surface area contributed by atoms with Gasteiger partial charge in [0.2, 0.25) is 0 Å². The Hall–Kier alpha value is -2.41. The summed E-state index contributed by atoms with van der Waals surface area (Å²) in [5.74, 6) is 0.111. The van der Waals surface area contributed by atoms with Gasteiger partial charge in [-0.3, -0.25) is 4.79 Å². The van der Waals surface area contributed by atoms with E-state index in [4.69, 9.17) is 4.74 Å². The molecular formula is C18H23N5O2. The van der Waals surface area contributed by atoms with Gasteiger partial charge in [-0.25, -0.2) is 0 Å². The van der Waals surface area contributed by atoms with Crippen molar-refractivity contribution in [2.24, 2.45) is 0 Å². The van der Waals surface area contributed by atoms with E-state index in [0.29, 0.717) is 6.04 Å². The highest BCUT2D eigenvalue weighted by Gasteiger charge is 2.25. The average Bonchev–Trinajstić information content (AvgIpc) is 3.23. The van der Waals surface area contributed by atoms with Crippen LogP contribution < -0.4 is 4.90 Å². The van der Waals surface area contributed by atoms with Crippen LogP contribution in [0.25, 0.3) is 0 Å². The molecule has 0 unspecified atom stereocenters. The fourth-order valence-electron chi connectivity index (χ4n) is 3.53. The number of likely N-dealkylation sites (tertiary alicyclic amines) is 1. The first-order chi connectivity index (χ1) is 12.3. The first-order valence-corrected chi connectivity index (χ1v) is 8.89. The summed E-state index contributed by atoms with van der Waals surface area (Å²) >= 11 is 0. The highest BCUT2D eigenvalue weighted by molar-refractivity contribution is 5.94. The Morgan fingerprint density at radius 2 is 1.60 bits per heavy atom. The second kappa shape index (κ2) is 7.23. The van der Waals surface area contributed by atoms with Gasteiger partial charge >= 0.3 is 0 Å². The molecule has 0 N–H and O–H groups in total. The summed E-state index contributed by atoms with van der Waals surface area (Å²) in [4.78, 5) is 18.7. The summed E-state index contributed by atoms with van der Waals surface area (Å²) in [5.41, 5.74) is 1.91. The molecule has 3 heterocycles. The smallest absolute Gasteiger partial charge is 0.253 e. The van der Waals surface area contributed by atoms with E-state index in [9.17, 15) is 4.79 Å². The first kappa shape index (κ1) is 16.1. The number of hydrogen-bond donors (Lipinski definition) is 0. The van der Waals surface area contributed by atoms with Crippen molar-refractivity contribution in [1.82, 2.24) is 19.9 Å². The van der Waals surface area contributed by atoms with Crippen molar-refractivity contribution in [1.29, 1.82) is 0 Å². The van der Waals surface area contributed by atoms with Crippen LogP contribution in [-0.4, -0.2) is 65.2 Å². The minimum absolute atomic E-state index is 0.111. The van der Waals surface area contributed by atoms with E-state index in [1.54, 1.807) is 17.2 Å². The Bertz CT molecular complexity index is 687. The maximum atomic E-state index is 12.7. The number of amides is 1. The molecule has 1 aromatic carbocycles. The lowest BCUT2D eigenvalue weighted by atomic mass is 10.0. The monoisotopic (exact) mass is 341 g/mol. The largest absolute Gasteiger partial charge is 0.378 e. The summed E-state index contributed by atoms with van der Waals surface area (Å²) in [7, 11) is 0. The molecule has 0 spiro atoms. The molecule has 2 aliphatic heterocycles. The van der Waals surface area contributed by atoms with Crippen molar-refractivity contribution in [3.05, 3.63) is 42.2 Å². The zero-order valence-corrected chi connectivity index (χ0v) is 14.3. The van der Waals surface area contributed by atoms with Gasteiger partial charge in [-0.15, -0.1) is 0 Å². The molecule has 2 aliphatic rings. The molecule has 0 radical (unpaired) electrons. The van der Waals surface area contributed by atoms with Gasteiger partial charge in [-0.05, 0) is 37.1 Å². The Labute approximate surface area is 147 Å². The Balaban J connectivity index is 1.36. The maximum absolute atomic E-state index is 12.7. The lowest BCUT2D eigenvalue weighted by molar-refractivity contribution is 0.0684. The number of anilines is 1. The van der Waals surface area contributed by atoms with E-state index in [-0.39, 0.29) is 5.91 Å². The van der Waals surface area contributed by atoms with Crippen LogP contribution in [0.3, 0.4) is 0 Å². The molecule has 2 saturated heterocycles. The number of rotatable bonds is 3. The zero-order chi connectivity index (χ0) is 17.1. The second-order valence-electron chi connectivity index (χ2n) is 6.52. The highest BCUT2D eigenvalue weighted by atomic mass is 16.5. The maximum Gasteiger partial charge on any atom is 0.253 e. The number of benzene rings is 1. The van der Waals surface area contributed by atoms with Crippen molar-refractivity contribution in [2.75, 3.05) is 44.3 Å². The first-order valence-electron chi connectivity index (χ1n) is 8.89. The highest BCUT2D eigenvalue weighted by Crippen LogP contribution is 2.23. The van der Waals surface area contributed by atoms with Gasteiger partial charge in [0.15, 0.2) is 0 Å². The fourth-order valence-corrected chi connectivity index (χ4v) is 3.53. The van der Waals surface area contributed by atoms with E-state index in [1.807, 2.05) is 29.2 Å². The SMILES string of the molecule is O=C(c1ccc(N2CCOCC2)cc1)N1CCC(n2nccn2)CC1. The lowest BCUT2D eigenvalue weighted by Crippen LogP contribution is -2.39. The molecule has 0 bridgehead atoms. The summed E-state index contributed by atoms with van der Waals surface area (Å²) in [5, 5.41) is 8.42. The number of morpholine rings is 1. The number of ether oxygens (including phenoxy) is 1. The van der Waals surface area contributed by atoms with Gasteiger partial charge < -0.3 is 14.5 Å². The molecule has 25 heavy (non-hydrogen) atoms. The molecule has 0 aliphatic carbocycles. The lowest BCUT2D eigenvalue weighted by Gasteiger charge is -2.32. The molecule has 132 valence electrons. The van der Waals surface area contributed by atoms with Crippen LogP contribution in [0.2, 0.25) is 0 Å². The third-order valence-corrected chi connectivity index (χ3v) is 5.01.